The lowest BCUT2D eigenvalue weighted by Crippen LogP contribution is -2.51. The number of oxazole rings is 1. The first kappa shape index (κ1) is 26.9. The molecule has 1 aliphatic carbocycles. The fourth-order valence-electron chi connectivity index (χ4n) is 4.39. The van der Waals surface area contributed by atoms with Crippen LogP contribution in [-0.2, 0) is 14.8 Å². The van der Waals surface area contributed by atoms with Crippen molar-refractivity contribution in [2.45, 2.75) is 49.6 Å². The maximum atomic E-state index is 13.5. The molecule has 1 aliphatic heterocycles. The molecule has 11 heteroatoms. The van der Waals surface area contributed by atoms with Gasteiger partial charge in [0.1, 0.15) is 22.3 Å². The molecule has 0 unspecified atom stereocenters. The number of nitrogens with one attached hydrogen (secondary N) is 2. The monoisotopic (exact) mass is 564 g/mol. The second-order valence-corrected chi connectivity index (χ2v) is 11.9. The minimum Gasteiger partial charge on any atom is -0.434 e. The summed E-state index contributed by atoms with van der Waals surface area (Å²) in [5, 5.41) is 5.88. The van der Waals surface area contributed by atoms with Gasteiger partial charge in [-0.1, -0.05) is 49.4 Å². The quantitative estimate of drug-likeness (QED) is 0.347. The molecule has 2 heterocycles. The second-order valence-electron chi connectivity index (χ2n) is 9.15. The van der Waals surface area contributed by atoms with Gasteiger partial charge >= 0.3 is 0 Å². The molecule has 0 spiro atoms. The fraction of sp³-hybridized carbons (Fsp3) is 0.286. The van der Waals surface area contributed by atoms with E-state index in [4.69, 9.17) is 4.42 Å². The Kier molecular flexibility index (Phi) is 7.99. The first-order valence-electron chi connectivity index (χ1n) is 12.8. The molecule has 2 atom stereocenters. The Morgan fingerprint density at radius 2 is 1.87 bits per heavy atom. The summed E-state index contributed by atoms with van der Waals surface area (Å²) in [6, 6.07) is 11.8. The van der Waals surface area contributed by atoms with E-state index in [-0.39, 0.29) is 16.6 Å². The van der Waals surface area contributed by atoms with Gasteiger partial charge < -0.3 is 15.1 Å². The molecule has 0 saturated heterocycles. The first-order valence-corrected chi connectivity index (χ1v) is 15.2. The number of rotatable bonds is 10. The lowest BCUT2D eigenvalue weighted by molar-refractivity contribution is -0.123. The molecule has 39 heavy (non-hydrogen) atoms. The second kappa shape index (κ2) is 11.6. The third-order valence-corrected chi connectivity index (χ3v) is 8.85. The maximum Gasteiger partial charge on any atom is 0.285 e. The van der Waals surface area contributed by atoms with Crippen LogP contribution < -0.4 is 10.6 Å². The van der Waals surface area contributed by atoms with Crippen LogP contribution in [0.1, 0.15) is 48.9 Å². The third-order valence-electron chi connectivity index (χ3n) is 6.44. The van der Waals surface area contributed by atoms with Crippen molar-refractivity contribution in [1.82, 2.24) is 15.6 Å². The summed E-state index contributed by atoms with van der Waals surface area (Å²) < 4.78 is 34.7. The van der Waals surface area contributed by atoms with Crippen molar-refractivity contribution < 1.29 is 22.4 Å². The molecule has 9 nitrogen and oxygen atoms in total. The Morgan fingerprint density at radius 3 is 2.64 bits per heavy atom. The lowest BCUT2D eigenvalue weighted by Gasteiger charge is -2.22. The number of amidine groups is 1. The number of ketones is 1. The van der Waals surface area contributed by atoms with E-state index in [1.54, 1.807) is 61.2 Å². The Bertz CT molecular complexity index is 1570. The number of Topliss-reactive ketones (excluding diaryl/α,β-unsaturated/α-hetero) is 1. The molecule has 2 aliphatic rings. The van der Waals surface area contributed by atoms with E-state index in [0.717, 1.165) is 17.7 Å². The van der Waals surface area contributed by atoms with Gasteiger partial charge in [0.2, 0.25) is 11.7 Å². The van der Waals surface area contributed by atoms with Crippen molar-refractivity contribution >= 4 is 50.4 Å². The third kappa shape index (κ3) is 5.99. The van der Waals surface area contributed by atoms with Crippen molar-refractivity contribution in [2.75, 3.05) is 5.75 Å². The highest BCUT2D eigenvalue weighted by Gasteiger charge is 2.33. The molecule has 0 bridgehead atoms. The molecule has 2 N–H and O–H groups in total. The number of aromatic nitrogens is 1. The normalized spacial score (nSPS) is 17.2. The van der Waals surface area contributed by atoms with Gasteiger partial charge in [0, 0.05) is 16.2 Å². The number of allylic oxidation sites excluding steroid dienone is 3. The summed E-state index contributed by atoms with van der Waals surface area (Å²) >= 11 is 1.62. The number of para-hydroxylation sites is 2. The number of amides is 1. The molecule has 2 aromatic carbocycles. The van der Waals surface area contributed by atoms with E-state index < -0.39 is 33.8 Å². The highest BCUT2D eigenvalue weighted by Crippen LogP contribution is 2.26. The Morgan fingerprint density at radius 1 is 1.08 bits per heavy atom. The Balaban J connectivity index is 1.34. The van der Waals surface area contributed by atoms with Crippen molar-refractivity contribution in [1.29, 1.82) is 0 Å². The lowest BCUT2D eigenvalue weighted by atomic mass is 10.1. The van der Waals surface area contributed by atoms with Gasteiger partial charge in [0.15, 0.2) is 5.58 Å². The average molecular weight is 565 g/mol. The van der Waals surface area contributed by atoms with Crippen molar-refractivity contribution in [3.63, 3.8) is 0 Å². The predicted octanol–water partition coefficient (Wildman–Crippen LogP) is 4.37. The Labute approximate surface area is 230 Å². The van der Waals surface area contributed by atoms with E-state index in [0.29, 0.717) is 35.3 Å². The standard InChI is InChI=1S/C28H28N4O5S2/c1-2-20(25(33)28-31-21-13-7-8-14-23(21)37-28)30-27(34)22(16-17-38-18-10-4-3-5-11-18)29-26-19-12-6-9-15-24(19)39(35,36)32-26/h4,6-15,20,22H,2-3,5,16-17H2,1H3,(H,29,32)(H,30,34)/t20-,22-/m0/s1. The minimum atomic E-state index is -3.86. The number of nitrogens with zero attached hydrogens (tertiary/aromatic N) is 2. The number of carbonyl (C=O) groups excluding carboxylic acids is 2. The zero-order valence-corrected chi connectivity index (χ0v) is 22.9. The van der Waals surface area contributed by atoms with Gasteiger partial charge in [-0.25, -0.2) is 4.98 Å². The largest absolute Gasteiger partial charge is 0.434 e. The molecule has 5 rings (SSSR count). The summed E-state index contributed by atoms with van der Waals surface area (Å²) in [6.45, 7) is 1.79. The van der Waals surface area contributed by atoms with E-state index in [9.17, 15) is 18.0 Å². The fourth-order valence-corrected chi connectivity index (χ4v) is 6.59. The zero-order chi connectivity index (χ0) is 27.4. The van der Waals surface area contributed by atoms with Gasteiger partial charge in [0.25, 0.3) is 15.9 Å². The highest BCUT2D eigenvalue weighted by molar-refractivity contribution is 8.03. The van der Waals surface area contributed by atoms with Crippen LogP contribution in [0.4, 0.5) is 0 Å². The first-order chi connectivity index (χ1) is 18.9. The van der Waals surface area contributed by atoms with Crippen LogP contribution in [-0.4, -0.2) is 48.8 Å². The molecular weight excluding hydrogens is 536 g/mol. The summed E-state index contributed by atoms with van der Waals surface area (Å²) in [6.07, 6.45) is 9.01. The van der Waals surface area contributed by atoms with E-state index >= 15 is 0 Å². The number of fused-ring (bicyclic) bond motifs is 2. The molecule has 0 radical (unpaired) electrons. The van der Waals surface area contributed by atoms with E-state index in [1.165, 1.54) is 6.07 Å². The van der Waals surface area contributed by atoms with Crippen molar-refractivity contribution in [2.24, 2.45) is 4.40 Å². The van der Waals surface area contributed by atoms with Crippen LogP contribution in [0, 0.1) is 0 Å². The summed E-state index contributed by atoms with van der Waals surface area (Å²) in [5.74, 6) is -0.229. The van der Waals surface area contributed by atoms with Crippen LogP contribution in [0.5, 0.6) is 0 Å². The topological polar surface area (TPSA) is 131 Å². The van der Waals surface area contributed by atoms with Gasteiger partial charge in [-0.05, 0) is 49.9 Å². The van der Waals surface area contributed by atoms with Crippen LogP contribution >= 0.6 is 11.8 Å². The summed E-state index contributed by atoms with van der Waals surface area (Å²) in [4.78, 5) is 32.2. The number of carbonyl (C=O) groups is 2. The average Bonchev–Trinajstić information content (AvgIpc) is 3.50. The van der Waals surface area contributed by atoms with Crippen molar-refractivity contribution in [3.05, 3.63) is 83.1 Å². The van der Waals surface area contributed by atoms with E-state index in [1.807, 2.05) is 0 Å². The highest BCUT2D eigenvalue weighted by atomic mass is 32.2. The molecule has 1 aromatic heterocycles. The smallest absolute Gasteiger partial charge is 0.285 e. The van der Waals surface area contributed by atoms with Gasteiger partial charge in [-0.2, -0.15) is 8.42 Å². The van der Waals surface area contributed by atoms with Gasteiger partial charge in [-0.15, -0.1) is 16.2 Å². The number of hydrogen-bond donors (Lipinski definition) is 2. The number of benzene rings is 2. The maximum absolute atomic E-state index is 13.5. The number of thioether (sulfide) groups is 1. The summed E-state index contributed by atoms with van der Waals surface area (Å²) in [7, 11) is -3.86. The minimum absolute atomic E-state index is 0.0698. The zero-order valence-electron chi connectivity index (χ0n) is 21.3. The molecule has 3 aromatic rings. The molecule has 202 valence electrons. The van der Waals surface area contributed by atoms with Crippen LogP contribution in [0.25, 0.3) is 11.1 Å². The molecule has 0 saturated carbocycles. The van der Waals surface area contributed by atoms with Crippen LogP contribution in [0.3, 0.4) is 0 Å². The molecular formula is C28H28N4O5S2. The number of sulfonamides is 1. The van der Waals surface area contributed by atoms with Crippen LogP contribution in [0.2, 0.25) is 0 Å². The van der Waals surface area contributed by atoms with Crippen molar-refractivity contribution in [3.8, 4) is 0 Å². The molecule has 0 fully saturated rings. The van der Waals surface area contributed by atoms with E-state index in [2.05, 4.69) is 38.2 Å². The van der Waals surface area contributed by atoms with Gasteiger partial charge in [-0.3, -0.25) is 9.59 Å². The predicted molar refractivity (Wildman–Crippen MR) is 151 cm³/mol. The number of hydrogen-bond acceptors (Lipinski definition) is 8. The Hall–Kier alpha value is -3.70. The van der Waals surface area contributed by atoms with Gasteiger partial charge in [0.05, 0.1) is 6.04 Å². The molecule has 1 amide bonds. The summed E-state index contributed by atoms with van der Waals surface area (Å²) in [5.41, 5.74) is 1.46. The van der Waals surface area contributed by atoms with Crippen LogP contribution in [0.15, 0.2) is 85.4 Å². The SMILES string of the molecule is CC[C@H](NC(=O)[C@H](CCSC1=CCCC=C1)NC1=NS(=O)(=O)c2ccccc21)C(=O)c1nc2ccccc2o1.